The molecule has 4 rings (SSSR count). The molecule has 0 aliphatic heterocycles. The Kier molecular flexibility index (Phi) is 6.56. The fraction of sp³-hybridized carbons (Fsp3) is 0.767. The smallest absolute Gasteiger partial charge is 0.302 e. The van der Waals surface area contributed by atoms with Crippen LogP contribution in [0.3, 0.4) is 0 Å². The number of allylic oxidation sites excluding steroid dienone is 5. The van der Waals surface area contributed by atoms with Gasteiger partial charge in [-0.2, -0.15) is 0 Å². The van der Waals surface area contributed by atoms with E-state index in [4.69, 9.17) is 4.74 Å². The number of carbonyl (C=O) groups is 1. The third-order valence-corrected chi connectivity index (χ3v) is 10.4. The largest absolute Gasteiger partial charge is 0.463 e. The minimum atomic E-state index is -0.115. The minimum Gasteiger partial charge on any atom is -0.463 e. The molecular weight excluding hydrogens is 392 g/mol. The van der Waals surface area contributed by atoms with E-state index in [1.165, 1.54) is 44.1 Å². The highest BCUT2D eigenvalue weighted by atomic mass is 16.5. The summed E-state index contributed by atoms with van der Waals surface area (Å²) in [6.07, 6.45) is 17.5. The van der Waals surface area contributed by atoms with Crippen molar-refractivity contribution in [3.63, 3.8) is 0 Å². The van der Waals surface area contributed by atoms with E-state index in [0.29, 0.717) is 28.6 Å². The molecule has 0 heterocycles. The van der Waals surface area contributed by atoms with Gasteiger partial charge in [-0.1, -0.05) is 70.6 Å². The molecule has 4 aliphatic carbocycles. The van der Waals surface area contributed by atoms with Crippen LogP contribution in [0.25, 0.3) is 0 Å². The van der Waals surface area contributed by atoms with Crippen molar-refractivity contribution in [2.24, 2.45) is 46.3 Å². The third kappa shape index (κ3) is 4.05. The Labute approximate surface area is 197 Å². The summed E-state index contributed by atoms with van der Waals surface area (Å²) in [6.45, 7) is 17.9. The zero-order valence-corrected chi connectivity index (χ0v) is 21.5. The number of carbonyl (C=O) groups excluding carboxylic acids is 1. The molecular formula is C30H46O2. The summed E-state index contributed by atoms with van der Waals surface area (Å²) >= 11 is 0. The molecule has 0 saturated heterocycles. The van der Waals surface area contributed by atoms with Gasteiger partial charge in [0.1, 0.15) is 6.10 Å². The average molecular weight is 439 g/mol. The lowest BCUT2D eigenvalue weighted by atomic mass is 9.47. The number of rotatable bonds is 5. The molecule has 0 amide bonds. The van der Waals surface area contributed by atoms with E-state index in [0.717, 1.165) is 30.6 Å². The third-order valence-electron chi connectivity index (χ3n) is 10.4. The van der Waals surface area contributed by atoms with Crippen molar-refractivity contribution < 1.29 is 9.53 Å². The predicted molar refractivity (Wildman–Crippen MR) is 133 cm³/mol. The number of esters is 1. The highest BCUT2D eigenvalue weighted by Crippen LogP contribution is 2.66. The monoisotopic (exact) mass is 438 g/mol. The summed E-state index contributed by atoms with van der Waals surface area (Å²) in [4.78, 5) is 11.5. The molecule has 3 fully saturated rings. The van der Waals surface area contributed by atoms with Gasteiger partial charge >= 0.3 is 5.97 Å². The van der Waals surface area contributed by atoms with E-state index in [1.54, 1.807) is 6.92 Å². The molecule has 2 heteroatoms. The standard InChI is InChI=1S/C30H46O2/c1-19(2)20(3)8-9-21(4)26-12-13-27-25-11-10-23-18-24(32-22(5)31)14-16-29(23,6)28(25)15-17-30(26,27)7/h8-9,11,19,21,23-24,26-28H,3,10,12-18H2,1-2,4-7H3/b9-8+/t21-,23-,24+,26-,27-,28-,29-,30-/m0/s1. The van der Waals surface area contributed by atoms with Crippen molar-refractivity contribution in [3.05, 3.63) is 36.0 Å². The normalized spacial score (nSPS) is 42.1. The lowest BCUT2D eigenvalue weighted by Crippen LogP contribution is -2.50. The zero-order valence-electron chi connectivity index (χ0n) is 21.5. The minimum absolute atomic E-state index is 0.115. The van der Waals surface area contributed by atoms with E-state index in [1.807, 2.05) is 5.57 Å². The molecule has 3 saturated carbocycles. The van der Waals surface area contributed by atoms with Crippen LogP contribution in [0.15, 0.2) is 36.0 Å². The average Bonchev–Trinajstić information content (AvgIpc) is 3.08. The maximum atomic E-state index is 11.5. The summed E-state index contributed by atoms with van der Waals surface area (Å²) in [5.74, 6) is 3.97. The topological polar surface area (TPSA) is 26.3 Å². The van der Waals surface area contributed by atoms with Crippen LogP contribution < -0.4 is 0 Å². The molecule has 0 bridgehead atoms. The first-order valence-electron chi connectivity index (χ1n) is 13.3. The Balaban J connectivity index is 1.51. The maximum Gasteiger partial charge on any atom is 0.302 e. The first-order valence-corrected chi connectivity index (χ1v) is 13.3. The molecule has 2 nitrogen and oxygen atoms in total. The number of ether oxygens (including phenoxy) is 1. The van der Waals surface area contributed by atoms with Crippen molar-refractivity contribution in [2.45, 2.75) is 99.0 Å². The molecule has 0 unspecified atom stereocenters. The second-order valence-corrected chi connectivity index (χ2v) is 12.4. The van der Waals surface area contributed by atoms with Crippen LogP contribution in [0.2, 0.25) is 0 Å². The Bertz CT molecular complexity index is 804. The molecule has 0 N–H and O–H groups in total. The van der Waals surface area contributed by atoms with Gasteiger partial charge in [0.05, 0.1) is 0 Å². The highest BCUT2D eigenvalue weighted by molar-refractivity contribution is 5.66. The van der Waals surface area contributed by atoms with E-state index < -0.39 is 0 Å². The highest BCUT2D eigenvalue weighted by Gasteiger charge is 2.58. The van der Waals surface area contributed by atoms with Crippen LogP contribution in [-0.4, -0.2) is 12.1 Å². The molecule has 0 aromatic rings. The SMILES string of the molecule is C=C(/C=C/[C@H](C)[C@@H]1CC[C@H]2C3=CC[C@H]4C[C@H](OC(C)=O)CC[C@]4(C)[C@H]3CC[C@]21C)C(C)C. The number of fused-ring (bicyclic) bond motifs is 5. The predicted octanol–water partition coefficient (Wildman–Crippen LogP) is 7.90. The van der Waals surface area contributed by atoms with Crippen LogP contribution >= 0.6 is 0 Å². The van der Waals surface area contributed by atoms with Gasteiger partial charge in [0.15, 0.2) is 0 Å². The van der Waals surface area contributed by atoms with Crippen molar-refractivity contribution >= 4 is 5.97 Å². The van der Waals surface area contributed by atoms with Crippen LogP contribution in [-0.2, 0) is 9.53 Å². The lowest BCUT2D eigenvalue weighted by molar-refractivity contribution is -0.152. The van der Waals surface area contributed by atoms with Gasteiger partial charge in [-0.15, -0.1) is 0 Å². The van der Waals surface area contributed by atoms with Gasteiger partial charge in [-0.05, 0) is 97.7 Å². The zero-order chi connectivity index (χ0) is 23.3. The summed E-state index contributed by atoms with van der Waals surface area (Å²) in [5.41, 5.74) is 3.89. The van der Waals surface area contributed by atoms with Crippen molar-refractivity contribution in [1.29, 1.82) is 0 Å². The molecule has 0 aromatic carbocycles. The molecule has 178 valence electrons. The van der Waals surface area contributed by atoms with Gasteiger partial charge in [0.25, 0.3) is 0 Å². The quantitative estimate of drug-likeness (QED) is 0.248. The van der Waals surface area contributed by atoms with Crippen LogP contribution in [0, 0.1) is 46.3 Å². The molecule has 32 heavy (non-hydrogen) atoms. The van der Waals surface area contributed by atoms with Gasteiger partial charge in [0, 0.05) is 6.92 Å². The van der Waals surface area contributed by atoms with E-state index >= 15 is 0 Å². The Morgan fingerprint density at radius 3 is 2.47 bits per heavy atom. The first kappa shape index (κ1) is 23.8. The van der Waals surface area contributed by atoms with Crippen LogP contribution in [0.5, 0.6) is 0 Å². The molecule has 0 aromatic heterocycles. The fourth-order valence-corrected chi connectivity index (χ4v) is 8.32. The van der Waals surface area contributed by atoms with Gasteiger partial charge in [-0.25, -0.2) is 0 Å². The summed E-state index contributed by atoms with van der Waals surface area (Å²) in [6, 6.07) is 0. The van der Waals surface area contributed by atoms with Crippen molar-refractivity contribution in [1.82, 2.24) is 0 Å². The first-order chi connectivity index (χ1) is 15.1. The maximum absolute atomic E-state index is 11.5. The number of hydrogen-bond donors (Lipinski definition) is 0. The molecule has 0 spiro atoms. The molecule has 8 atom stereocenters. The van der Waals surface area contributed by atoms with E-state index in [2.05, 4.69) is 59.4 Å². The Morgan fingerprint density at radius 2 is 1.78 bits per heavy atom. The van der Waals surface area contributed by atoms with E-state index in [9.17, 15) is 4.79 Å². The second kappa shape index (κ2) is 8.80. The summed E-state index contributed by atoms with van der Waals surface area (Å²) in [7, 11) is 0. The Morgan fingerprint density at radius 1 is 1.09 bits per heavy atom. The molecule has 4 aliphatic rings. The van der Waals surface area contributed by atoms with Gasteiger partial charge < -0.3 is 4.74 Å². The number of hydrogen-bond acceptors (Lipinski definition) is 2. The summed E-state index contributed by atoms with van der Waals surface area (Å²) < 4.78 is 5.63. The second-order valence-electron chi connectivity index (χ2n) is 12.4. The van der Waals surface area contributed by atoms with Crippen LogP contribution in [0.4, 0.5) is 0 Å². The Hall–Kier alpha value is -1.31. The lowest BCUT2D eigenvalue weighted by Gasteiger charge is -2.57. The summed E-state index contributed by atoms with van der Waals surface area (Å²) in [5, 5.41) is 0. The molecule has 0 radical (unpaired) electrons. The van der Waals surface area contributed by atoms with Gasteiger partial charge in [0.2, 0.25) is 0 Å². The van der Waals surface area contributed by atoms with E-state index in [-0.39, 0.29) is 12.1 Å². The fourth-order valence-electron chi connectivity index (χ4n) is 8.32. The van der Waals surface area contributed by atoms with Gasteiger partial charge in [-0.3, -0.25) is 4.79 Å². The van der Waals surface area contributed by atoms with Crippen molar-refractivity contribution in [3.8, 4) is 0 Å². The van der Waals surface area contributed by atoms with Crippen LogP contribution in [0.1, 0.15) is 92.9 Å². The van der Waals surface area contributed by atoms with Crippen molar-refractivity contribution in [2.75, 3.05) is 0 Å².